The SMILES string of the molecule is CCCN(CC)CC1(CNC)CCCC(C)C1. The molecule has 102 valence electrons. The lowest BCUT2D eigenvalue weighted by molar-refractivity contribution is 0.0842. The molecule has 0 aromatic heterocycles. The van der Waals surface area contributed by atoms with Crippen LogP contribution in [0.5, 0.6) is 0 Å². The summed E-state index contributed by atoms with van der Waals surface area (Å²) < 4.78 is 0. The molecule has 1 saturated carbocycles. The summed E-state index contributed by atoms with van der Waals surface area (Å²) in [7, 11) is 2.11. The number of nitrogens with zero attached hydrogens (tertiary/aromatic N) is 1. The van der Waals surface area contributed by atoms with Crippen molar-refractivity contribution in [2.45, 2.75) is 52.9 Å². The van der Waals surface area contributed by atoms with Gasteiger partial charge in [-0.3, -0.25) is 0 Å². The van der Waals surface area contributed by atoms with Crippen molar-refractivity contribution in [1.29, 1.82) is 0 Å². The lowest BCUT2D eigenvalue weighted by Gasteiger charge is -2.43. The average Bonchev–Trinajstić information content (AvgIpc) is 2.28. The minimum atomic E-state index is 0.539. The number of hydrogen-bond donors (Lipinski definition) is 1. The average molecular weight is 240 g/mol. The van der Waals surface area contributed by atoms with Crippen LogP contribution in [-0.4, -0.2) is 38.1 Å². The highest BCUT2D eigenvalue weighted by Gasteiger charge is 2.35. The fourth-order valence-electron chi connectivity index (χ4n) is 3.64. The normalized spacial score (nSPS) is 29.8. The van der Waals surface area contributed by atoms with Gasteiger partial charge in [0, 0.05) is 13.1 Å². The fourth-order valence-corrected chi connectivity index (χ4v) is 3.64. The zero-order valence-corrected chi connectivity index (χ0v) is 12.4. The highest BCUT2D eigenvalue weighted by atomic mass is 15.1. The largest absolute Gasteiger partial charge is 0.319 e. The highest BCUT2D eigenvalue weighted by Crippen LogP contribution is 2.39. The first kappa shape index (κ1) is 15.0. The van der Waals surface area contributed by atoms with Crippen molar-refractivity contribution in [3.8, 4) is 0 Å². The molecule has 0 saturated heterocycles. The van der Waals surface area contributed by atoms with Crippen molar-refractivity contribution in [2.24, 2.45) is 11.3 Å². The van der Waals surface area contributed by atoms with E-state index in [-0.39, 0.29) is 0 Å². The molecule has 1 aliphatic rings. The van der Waals surface area contributed by atoms with Gasteiger partial charge < -0.3 is 10.2 Å². The molecule has 1 rings (SSSR count). The molecule has 0 spiro atoms. The monoisotopic (exact) mass is 240 g/mol. The third-order valence-electron chi connectivity index (χ3n) is 4.28. The Bertz CT molecular complexity index is 201. The van der Waals surface area contributed by atoms with E-state index in [1.807, 2.05) is 0 Å². The number of rotatable bonds is 7. The van der Waals surface area contributed by atoms with Gasteiger partial charge in [0.1, 0.15) is 0 Å². The van der Waals surface area contributed by atoms with Crippen LogP contribution in [0, 0.1) is 11.3 Å². The summed E-state index contributed by atoms with van der Waals surface area (Å²) in [4.78, 5) is 2.65. The predicted molar refractivity (Wildman–Crippen MR) is 76.4 cm³/mol. The summed E-state index contributed by atoms with van der Waals surface area (Å²) in [5.74, 6) is 0.914. The van der Waals surface area contributed by atoms with Crippen LogP contribution < -0.4 is 5.32 Å². The Hall–Kier alpha value is -0.0800. The highest BCUT2D eigenvalue weighted by molar-refractivity contribution is 4.89. The van der Waals surface area contributed by atoms with Crippen LogP contribution in [0.25, 0.3) is 0 Å². The Labute approximate surface area is 108 Å². The van der Waals surface area contributed by atoms with E-state index in [1.165, 1.54) is 58.3 Å². The Kier molecular flexibility index (Phi) is 6.50. The maximum absolute atomic E-state index is 3.44. The molecule has 2 unspecified atom stereocenters. The van der Waals surface area contributed by atoms with Gasteiger partial charge in [0.15, 0.2) is 0 Å². The second-order valence-corrected chi connectivity index (χ2v) is 6.10. The molecule has 0 aromatic rings. The van der Waals surface area contributed by atoms with Gasteiger partial charge in [-0.05, 0) is 50.7 Å². The molecule has 2 atom stereocenters. The molecule has 17 heavy (non-hydrogen) atoms. The summed E-state index contributed by atoms with van der Waals surface area (Å²) in [6, 6.07) is 0. The maximum Gasteiger partial charge on any atom is 0.00501 e. The van der Waals surface area contributed by atoms with Crippen molar-refractivity contribution < 1.29 is 0 Å². The van der Waals surface area contributed by atoms with Crippen LogP contribution >= 0.6 is 0 Å². The first-order valence-electron chi connectivity index (χ1n) is 7.52. The van der Waals surface area contributed by atoms with E-state index in [0.29, 0.717) is 5.41 Å². The molecule has 0 bridgehead atoms. The van der Waals surface area contributed by atoms with Gasteiger partial charge in [0.2, 0.25) is 0 Å². The fraction of sp³-hybridized carbons (Fsp3) is 1.00. The summed E-state index contributed by atoms with van der Waals surface area (Å²) in [6.45, 7) is 12.0. The molecule has 0 radical (unpaired) electrons. The lowest BCUT2D eigenvalue weighted by Crippen LogP contribution is -2.46. The van der Waals surface area contributed by atoms with E-state index in [9.17, 15) is 0 Å². The second-order valence-electron chi connectivity index (χ2n) is 6.10. The first-order valence-corrected chi connectivity index (χ1v) is 7.52. The Morgan fingerprint density at radius 3 is 2.65 bits per heavy atom. The van der Waals surface area contributed by atoms with Crippen molar-refractivity contribution >= 4 is 0 Å². The molecule has 0 amide bonds. The molecular weight excluding hydrogens is 208 g/mol. The first-order chi connectivity index (χ1) is 8.15. The van der Waals surface area contributed by atoms with Gasteiger partial charge in [-0.2, -0.15) is 0 Å². The lowest BCUT2D eigenvalue weighted by atomic mass is 9.69. The van der Waals surface area contributed by atoms with Crippen molar-refractivity contribution in [2.75, 3.05) is 33.2 Å². The van der Waals surface area contributed by atoms with Crippen LogP contribution in [0.15, 0.2) is 0 Å². The Morgan fingerprint density at radius 2 is 2.12 bits per heavy atom. The molecule has 2 heteroatoms. The van der Waals surface area contributed by atoms with Gasteiger partial charge >= 0.3 is 0 Å². The third kappa shape index (κ3) is 4.59. The summed E-state index contributed by atoms with van der Waals surface area (Å²) in [5, 5.41) is 3.44. The topological polar surface area (TPSA) is 15.3 Å². The standard InChI is InChI=1S/C15H32N2/c1-5-10-17(6-2)13-15(12-16-4)9-7-8-14(3)11-15/h14,16H,5-13H2,1-4H3. The molecule has 2 nitrogen and oxygen atoms in total. The number of hydrogen-bond acceptors (Lipinski definition) is 2. The van der Waals surface area contributed by atoms with Gasteiger partial charge in [-0.15, -0.1) is 0 Å². The molecule has 1 fully saturated rings. The van der Waals surface area contributed by atoms with Crippen LogP contribution in [0.4, 0.5) is 0 Å². The molecular formula is C15H32N2. The molecule has 1 N–H and O–H groups in total. The molecule has 0 aliphatic heterocycles. The van der Waals surface area contributed by atoms with Crippen molar-refractivity contribution in [1.82, 2.24) is 10.2 Å². The van der Waals surface area contributed by atoms with Crippen LogP contribution in [-0.2, 0) is 0 Å². The van der Waals surface area contributed by atoms with Gasteiger partial charge in [0.05, 0.1) is 0 Å². The van der Waals surface area contributed by atoms with Crippen LogP contribution in [0.1, 0.15) is 52.9 Å². The van der Waals surface area contributed by atoms with Crippen molar-refractivity contribution in [3.63, 3.8) is 0 Å². The van der Waals surface area contributed by atoms with Crippen LogP contribution in [0.2, 0.25) is 0 Å². The van der Waals surface area contributed by atoms with E-state index in [4.69, 9.17) is 0 Å². The minimum Gasteiger partial charge on any atom is -0.319 e. The Balaban J connectivity index is 2.62. The maximum atomic E-state index is 3.44. The summed E-state index contributed by atoms with van der Waals surface area (Å²) >= 11 is 0. The van der Waals surface area contributed by atoms with E-state index in [1.54, 1.807) is 0 Å². The van der Waals surface area contributed by atoms with Crippen LogP contribution in [0.3, 0.4) is 0 Å². The summed E-state index contributed by atoms with van der Waals surface area (Å²) in [5.41, 5.74) is 0.539. The Morgan fingerprint density at radius 1 is 1.35 bits per heavy atom. The van der Waals surface area contributed by atoms with E-state index < -0.39 is 0 Å². The van der Waals surface area contributed by atoms with Gasteiger partial charge in [-0.25, -0.2) is 0 Å². The molecule has 1 aliphatic carbocycles. The van der Waals surface area contributed by atoms with Gasteiger partial charge in [-0.1, -0.05) is 33.6 Å². The zero-order valence-electron chi connectivity index (χ0n) is 12.4. The minimum absolute atomic E-state index is 0.539. The molecule has 0 aromatic carbocycles. The smallest absolute Gasteiger partial charge is 0.00501 e. The zero-order chi connectivity index (χ0) is 12.7. The predicted octanol–water partition coefficient (Wildman–Crippen LogP) is 3.13. The molecule has 0 heterocycles. The third-order valence-corrected chi connectivity index (χ3v) is 4.28. The van der Waals surface area contributed by atoms with Gasteiger partial charge in [0.25, 0.3) is 0 Å². The van der Waals surface area contributed by atoms with E-state index >= 15 is 0 Å². The second kappa shape index (κ2) is 7.38. The number of nitrogens with one attached hydrogen (secondary N) is 1. The van der Waals surface area contributed by atoms with E-state index in [2.05, 4.69) is 38.0 Å². The quantitative estimate of drug-likeness (QED) is 0.735. The summed E-state index contributed by atoms with van der Waals surface area (Å²) in [6.07, 6.45) is 6.96. The van der Waals surface area contributed by atoms with E-state index in [0.717, 1.165) is 5.92 Å². The van der Waals surface area contributed by atoms with Crippen molar-refractivity contribution in [3.05, 3.63) is 0 Å².